The summed E-state index contributed by atoms with van der Waals surface area (Å²) in [6, 6.07) is 2.14. The molecular formula is C22H23ClF2N3O3-. The number of nitrogens with one attached hydrogen (secondary N) is 2. The van der Waals surface area contributed by atoms with Crippen LogP contribution in [0.3, 0.4) is 0 Å². The Morgan fingerprint density at radius 1 is 1.39 bits per heavy atom. The Hall–Kier alpha value is -2.74. The SMILES string of the molecule is C=CC(F)(F)c1ccc(C([O-])=C(C(=N)C2CC2)C(=O)NC)c(Cl)c1N1CCCCC1=O. The first-order valence-electron chi connectivity index (χ1n) is 10.0. The largest absolute Gasteiger partial charge is 0.871 e. The minimum absolute atomic E-state index is 0.100. The van der Waals surface area contributed by atoms with E-state index in [1.54, 1.807) is 0 Å². The van der Waals surface area contributed by atoms with Crippen molar-refractivity contribution in [2.24, 2.45) is 5.92 Å². The highest BCUT2D eigenvalue weighted by atomic mass is 35.5. The smallest absolute Gasteiger partial charge is 0.293 e. The third-order valence-electron chi connectivity index (χ3n) is 5.51. The predicted octanol–water partition coefficient (Wildman–Crippen LogP) is 3.38. The van der Waals surface area contributed by atoms with Crippen LogP contribution in [0, 0.1) is 11.3 Å². The van der Waals surface area contributed by atoms with E-state index in [-0.39, 0.29) is 52.3 Å². The fourth-order valence-electron chi connectivity index (χ4n) is 3.61. The number of likely N-dealkylation sites (N-methyl/N-ethyl adjacent to an activating group) is 1. The molecule has 3 rings (SSSR count). The monoisotopic (exact) mass is 450 g/mol. The van der Waals surface area contributed by atoms with Crippen LogP contribution in [0.1, 0.15) is 43.2 Å². The van der Waals surface area contributed by atoms with Crippen LogP contribution in [0.5, 0.6) is 0 Å². The van der Waals surface area contributed by atoms with Gasteiger partial charge in [0.1, 0.15) is 0 Å². The highest BCUT2D eigenvalue weighted by molar-refractivity contribution is 6.36. The number of benzene rings is 1. The predicted molar refractivity (Wildman–Crippen MR) is 113 cm³/mol. The lowest BCUT2D eigenvalue weighted by atomic mass is 9.96. The maximum Gasteiger partial charge on any atom is 0.293 e. The average Bonchev–Trinajstić information content (AvgIpc) is 3.59. The maximum absolute atomic E-state index is 14.6. The summed E-state index contributed by atoms with van der Waals surface area (Å²) >= 11 is 6.46. The van der Waals surface area contributed by atoms with Crippen molar-refractivity contribution in [2.45, 2.75) is 38.0 Å². The number of halogens is 3. The number of hydrogen-bond donors (Lipinski definition) is 2. The van der Waals surface area contributed by atoms with Crippen molar-refractivity contribution in [1.82, 2.24) is 5.32 Å². The molecule has 2 aliphatic rings. The van der Waals surface area contributed by atoms with Crippen molar-refractivity contribution >= 4 is 40.6 Å². The van der Waals surface area contributed by atoms with E-state index in [9.17, 15) is 23.5 Å². The van der Waals surface area contributed by atoms with Gasteiger partial charge in [-0.15, -0.1) is 0 Å². The summed E-state index contributed by atoms with van der Waals surface area (Å²) in [5.41, 5.74) is -1.47. The average molecular weight is 451 g/mol. The van der Waals surface area contributed by atoms with E-state index in [1.807, 2.05) is 0 Å². The van der Waals surface area contributed by atoms with Crippen LogP contribution < -0.4 is 15.3 Å². The van der Waals surface area contributed by atoms with Crippen LogP contribution >= 0.6 is 11.6 Å². The second-order valence-electron chi connectivity index (χ2n) is 7.62. The third kappa shape index (κ3) is 4.35. The lowest BCUT2D eigenvalue weighted by Gasteiger charge is -2.32. The van der Waals surface area contributed by atoms with Crippen molar-refractivity contribution < 1.29 is 23.5 Å². The number of amides is 2. The molecule has 1 heterocycles. The minimum atomic E-state index is -3.49. The van der Waals surface area contributed by atoms with Crippen LogP contribution in [0.15, 0.2) is 30.4 Å². The Balaban J connectivity index is 2.25. The summed E-state index contributed by atoms with van der Waals surface area (Å²) in [7, 11) is 1.34. The maximum atomic E-state index is 14.6. The van der Waals surface area contributed by atoms with Gasteiger partial charge in [0.05, 0.1) is 21.8 Å². The number of hydrogen-bond acceptors (Lipinski definition) is 4. The second kappa shape index (κ2) is 8.78. The van der Waals surface area contributed by atoms with Gasteiger partial charge in [0, 0.05) is 31.6 Å². The first-order valence-corrected chi connectivity index (χ1v) is 10.4. The number of piperidine rings is 1. The van der Waals surface area contributed by atoms with Crippen molar-refractivity contribution in [3.05, 3.63) is 46.5 Å². The fraction of sp³-hybridized carbons (Fsp3) is 0.409. The summed E-state index contributed by atoms with van der Waals surface area (Å²) in [6.45, 7) is 3.35. The molecule has 2 N–H and O–H groups in total. The molecule has 1 aromatic carbocycles. The molecule has 0 radical (unpaired) electrons. The van der Waals surface area contributed by atoms with Gasteiger partial charge in [-0.05, 0) is 43.4 Å². The van der Waals surface area contributed by atoms with E-state index < -0.39 is 23.2 Å². The Morgan fingerprint density at radius 3 is 2.61 bits per heavy atom. The Kier molecular flexibility index (Phi) is 6.50. The van der Waals surface area contributed by atoms with Crippen molar-refractivity contribution in [3.63, 3.8) is 0 Å². The van der Waals surface area contributed by atoms with Crippen molar-refractivity contribution in [1.29, 1.82) is 5.41 Å². The van der Waals surface area contributed by atoms with Gasteiger partial charge in [-0.2, -0.15) is 8.78 Å². The quantitative estimate of drug-likeness (QED) is 0.288. The molecule has 166 valence electrons. The molecule has 0 unspecified atom stereocenters. The summed E-state index contributed by atoms with van der Waals surface area (Å²) in [4.78, 5) is 26.0. The zero-order valence-electron chi connectivity index (χ0n) is 17.1. The van der Waals surface area contributed by atoms with Gasteiger partial charge in [-0.3, -0.25) is 9.59 Å². The van der Waals surface area contributed by atoms with Crippen LogP contribution in [-0.2, 0) is 15.5 Å². The molecule has 31 heavy (non-hydrogen) atoms. The Morgan fingerprint density at radius 2 is 2.06 bits per heavy atom. The molecule has 2 amide bonds. The second-order valence-corrected chi connectivity index (χ2v) is 8.00. The topological polar surface area (TPSA) is 96.3 Å². The van der Waals surface area contributed by atoms with E-state index in [2.05, 4.69) is 11.9 Å². The molecule has 1 aromatic rings. The summed E-state index contributed by atoms with van der Waals surface area (Å²) < 4.78 is 29.2. The number of carbonyl (C=O) groups is 2. The first-order chi connectivity index (χ1) is 14.6. The Bertz CT molecular complexity index is 986. The summed E-state index contributed by atoms with van der Waals surface area (Å²) in [5, 5.41) is 23.5. The van der Waals surface area contributed by atoms with Crippen LogP contribution in [0.2, 0.25) is 5.02 Å². The highest BCUT2D eigenvalue weighted by Gasteiger charge is 2.37. The fourth-order valence-corrected chi connectivity index (χ4v) is 3.96. The molecule has 9 heteroatoms. The molecule has 0 bridgehead atoms. The van der Waals surface area contributed by atoms with Gasteiger partial charge >= 0.3 is 0 Å². The number of allylic oxidation sites excluding steroid dienone is 1. The molecule has 1 saturated heterocycles. The van der Waals surface area contributed by atoms with Gasteiger partial charge < -0.3 is 20.7 Å². The molecule has 0 spiro atoms. The number of anilines is 1. The van der Waals surface area contributed by atoms with Gasteiger partial charge in [0.2, 0.25) is 5.91 Å². The number of alkyl halides is 2. The Labute approximate surface area is 184 Å². The normalized spacial score (nSPS) is 17.8. The van der Waals surface area contributed by atoms with Crippen LogP contribution in [0.4, 0.5) is 14.5 Å². The van der Waals surface area contributed by atoms with Gasteiger partial charge in [-0.1, -0.05) is 30.0 Å². The third-order valence-corrected chi connectivity index (χ3v) is 5.89. The lowest BCUT2D eigenvalue weighted by Crippen LogP contribution is -2.37. The minimum Gasteiger partial charge on any atom is -0.871 e. The zero-order valence-corrected chi connectivity index (χ0v) is 17.8. The van der Waals surface area contributed by atoms with E-state index >= 15 is 0 Å². The molecule has 1 aliphatic carbocycles. The number of nitrogens with zero attached hydrogens (tertiary/aromatic N) is 1. The molecule has 1 saturated carbocycles. The number of rotatable bonds is 7. The van der Waals surface area contributed by atoms with Crippen molar-refractivity contribution in [3.8, 4) is 0 Å². The molecular weight excluding hydrogens is 428 g/mol. The van der Waals surface area contributed by atoms with E-state index in [0.717, 1.165) is 12.1 Å². The first kappa shape index (κ1) is 22.9. The highest BCUT2D eigenvalue weighted by Crippen LogP contribution is 2.44. The van der Waals surface area contributed by atoms with E-state index in [0.29, 0.717) is 31.8 Å². The van der Waals surface area contributed by atoms with Gasteiger partial charge in [0.25, 0.3) is 11.8 Å². The van der Waals surface area contributed by atoms with Crippen molar-refractivity contribution in [2.75, 3.05) is 18.5 Å². The van der Waals surface area contributed by atoms with Crippen LogP contribution in [-0.4, -0.2) is 31.1 Å². The van der Waals surface area contributed by atoms with Crippen LogP contribution in [0.25, 0.3) is 5.76 Å². The summed E-state index contributed by atoms with van der Waals surface area (Å²) in [5.74, 6) is -5.64. The van der Waals surface area contributed by atoms with Gasteiger partial charge in [0.15, 0.2) is 0 Å². The lowest BCUT2D eigenvalue weighted by molar-refractivity contribution is -0.244. The molecule has 0 atom stereocenters. The molecule has 0 aromatic heterocycles. The number of carbonyl (C=O) groups excluding carboxylic acids is 2. The molecule has 1 aliphatic heterocycles. The van der Waals surface area contributed by atoms with E-state index in [4.69, 9.17) is 17.0 Å². The van der Waals surface area contributed by atoms with Gasteiger partial charge in [-0.25, -0.2) is 0 Å². The standard InChI is InChI=1S/C22H24ClF2N3O3/c1-3-22(24,25)14-10-9-13(17(23)19(14)28-11-5-4-6-15(28)29)20(30)16(21(31)27-2)18(26)12-7-8-12/h3,9-10,12,26,30H,1,4-8,11H2,2H3,(H,27,31)/p-1. The molecule has 2 fully saturated rings. The zero-order chi connectivity index (χ0) is 22.9. The molecule has 6 nitrogen and oxygen atoms in total. The van der Waals surface area contributed by atoms with E-state index in [1.165, 1.54) is 11.9 Å². The summed E-state index contributed by atoms with van der Waals surface area (Å²) in [6.07, 6.45) is 3.24.